The van der Waals surface area contributed by atoms with E-state index in [-0.39, 0.29) is 29.8 Å². The predicted molar refractivity (Wildman–Crippen MR) is 117 cm³/mol. The number of hydrogen-bond donors (Lipinski definition) is 2. The maximum absolute atomic E-state index is 12.6. The van der Waals surface area contributed by atoms with Crippen molar-refractivity contribution in [2.45, 2.75) is 45.8 Å². The number of ether oxygens (including phenoxy) is 2. The van der Waals surface area contributed by atoms with Crippen LogP contribution in [0, 0.1) is 6.92 Å². The maximum atomic E-state index is 12.6. The average Bonchev–Trinajstić information content (AvgIpc) is 3.31. The van der Waals surface area contributed by atoms with E-state index in [2.05, 4.69) is 41.1 Å². The Balaban J connectivity index is 1.67. The van der Waals surface area contributed by atoms with Gasteiger partial charge in [0.05, 0.1) is 24.4 Å². The van der Waals surface area contributed by atoms with Crippen LogP contribution in [0.5, 0.6) is 0 Å². The number of piperidine rings is 1. The molecule has 1 aliphatic rings. The van der Waals surface area contributed by atoms with Gasteiger partial charge >= 0.3 is 5.97 Å². The van der Waals surface area contributed by atoms with Gasteiger partial charge in [-0.1, -0.05) is 18.3 Å². The monoisotopic (exact) mass is 499 g/mol. The molecule has 0 aromatic carbocycles. The summed E-state index contributed by atoms with van der Waals surface area (Å²) in [4.78, 5) is 39.2. The highest BCUT2D eigenvalue weighted by molar-refractivity contribution is 9.10. The number of rotatable bonds is 7. The van der Waals surface area contributed by atoms with Crippen LogP contribution >= 0.6 is 27.3 Å². The number of nitrogens with one attached hydrogen (secondary N) is 2. The van der Waals surface area contributed by atoms with Crippen molar-refractivity contribution in [1.82, 2.24) is 20.3 Å². The molecule has 1 aliphatic heterocycles. The second-order valence-electron chi connectivity index (χ2n) is 6.93. The number of aromatic amines is 1. The first-order chi connectivity index (χ1) is 14.4. The van der Waals surface area contributed by atoms with Crippen LogP contribution in [0.1, 0.15) is 51.9 Å². The number of anilines is 1. The predicted octanol–water partition coefficient (Wildman–Crippen LogP) is 2.70. The van der Waals surface area contributed by atoms with E-state index >= 15 is 0 Å². The Morgan fingerprint density at radius 2 is 2.13 bits per heavy atom. The summed E-state index contributed by atoms with van der Waals surface area (Å²) in [6, 6.07) is -0.154. The number of imidazole rings is 1. The van der Waals surface area contributed by atoms with Crippen molar-refractivity contribution < 1.29 is 19.1 Å². The van der Waals surface area contributed by atoms with Gasteiger partial charge in [-0.25, -0.2) is 14.8 Å². The van der Waals surface area contributed by atoms with E-state index in [0.717, 1.165) is 17.2 Å². The number of aryl methyl sites for hydroxylation is 2. The number of nitrogens with zero attached hydrogens (tertiary/aromatic N) is 3. The highest BCUT2D eigenvalue weighted by Crippen LogP contribution is 2.29. The Morgan fingerprint density at radius 1 is 1.37 bits per heavy atom. The SMILES string of the molecule is CCOC(=O)c1sc(N2CC[C@H](NC(=O)c3nc(Br)c(CC)[nH]3)[C@H](OC)C2)nc1C. The van der Waals surface area contributed by atoms with Crippen LogP contribution in [-0.2, 0) is 15.9 Å². The molecule has 0 radical (unpaired) electrons. The third kappa shape index (κ3) is 4.84. The number of hydrogen-bond acceptors (Lipinski definition) is 8. The summed E-state index contributed by atoms with van der Waals surface area (Å²) in [6.45, 7) is 7.14. The molecule has 3 heterocycles. The second-order valence-corrected chi connectivity index (χ2v) is 8.66. The Hall–Kier alpha value is -1.98. The molecule has 0 bridgehead atoms. The van der Waals surface area contributed by atoms with Crippen LogP contribution in [0.3, 0.4) is 0 Å². The fourth-order valence-corrected chi connectivity index (χ4v) is 4.92. The molecular formula is C19H26BrN5O4S. The molecule has 0 saturated carbocycles. The van der Waals surface area contributed by atoms with Gasteiger partial charge in [-0.15, -0.1) is 0 Å². The van der Waals surface area contributed by atoms with Gasteiger partial charge in [0.1, 0.15) is 9.48 Å². The number of carbonyl (C=O) groups excluding carboxylic acids is 2. The molecule has 2 N–H and O–H groups in total. The molecule has 0 spiro atoms. The third-order valence-electron chi connectivity index (χ3n) is 4.99. The first-order valence-corrected chi connectivity index (χ1v) is 11.5. The molecule has 30 heavy (non-hydrogen) atoms. The van der Waals surface area contributed by atoms with Crippen molar-refractivity contribution in [3.05, 3.63) is 26.7 Å². The van der Waals surface area contributed by atoms with E-state index in [4.69, 9.17) is 9.47 Å². The van der Waals surface area contributed by atoms with Gasteiger partial charge in [-0.05, 0) is 42.6 Å². The fraction of sp³-hybridized carbons (Fsp3) is 0.579. The molecule has 1 amide bonds. The van der Waals surface area contributed by atoms with Gasteiger partial charge in [0.25, 0.3) is 5.91 Å². The highest BCUT2D eigenvalue weighted by Gasteiger charge is 2.33. The first kappa shape index (κ1) is 22.7. The molecule has 0 unspecified atom stereocenters. The molecule has 0 aliphatic carbocycles. The van der Waals surface area contributed by atoms with Crippen LogP contribution in [0.2, 0.25) is 0 Å². The van der Waals surface area contributed by atoms with Gasteiger partial charge in [0.2, 0.25) is 0 Å². The van der Waals surface area contributed by atoms with E-state index < -0.39 is 0 Å². The van der Waals surface area contributed by atoms with Crippen LogP contribution in [-0.4, -0.2) is 65.8 Å². The lowest BCUT2D eigenvalue weighted by Crippen LogP contribution is -2.55. The quantitative estimate of drug-likeness (QED) is 0.563. The van der Waals surface area contributed by atoms with Gasteiger partial charge in [0.15, 0.2) is 11.0 Å². The van der Waals surface area contributed by atoms with Gasteiger partial charge < -0.3 is 24.7 Å². The summed E-state index contributed by atoms with van der Waals surface area (Å²) < 4.78 is 11.4. The third-order valence-corrected chi connectivity index (χ3v) is 6.85. The molecule has 11 heteroatoms. The lowest BCUT2D eigenvalue weighted by atomic mass is 10.0. The average molecular weight is 500 g/mol. The number of amides is 1. The summed E-state index contributed by atoms with van der Waals surface area (Å²) >= 11 is 4.69. The first-order valence-electron chi connectivity index (χ1n) is 9.85. The lowest BCUT2D eigenvalue weighted by molar-refractivity contribution is 0.0530. The number of thiazole rings is 1. The molecular weight excluding hydrogens is 474 g/mol. The van der Waals surface area contributed by atoms with Gasteiger partial charge in [0, 0.05) is 25.9 Å². The zero-order valence-electron chi connectivity index (χ0n) is 17.5. The van der Waals surface area contributed by atoms with Crippen LogP contribution in [0.4, 0.5) is 5.13 Å². The van der Waals surface area contributed by atoms with Gasteiger partial charge in [-0.2, -0.15) is 0 Å². The maximum Gasteiger partial charge on any atom is 0.350 e. The minimum Gasteiger partial charge on any atom is -0.462 e. The summed E-state index contributed by atoms with van der Waals surface area (Å²) in [6.07, 6.45) is 1.21. The number of aromatic nitrogens is 3. The molecule has 2 atom stereocenters. The van der Waals surface area contributed by atoms with Crippen molar-refractivity contribution in [2.24, 2.45) is 0 Å². The summed E-state index contributed by atoms with van der Waals surface area (Å²) in [5, 5.41) is 3.78. The molecule has 2 aromatic heterocycles. The summed E-state index contributed by atoms with van der Waals surface area (Å²) in [5.41, 5.74) is 1.54. The Labute approximate surface area is 187 Å². The van der Waals surface area contributed by atoms with Crippen LogP contribution in [0.15, 0.2) is 4.60 Å². The molecule has 3 rings (SSSR count). The van der Waals surface area contributed by atoms with Crippen molar-refractivity contribution in [3.8, 4) is 0 Å². The fourth-order valence-electron chi connectivity index (χ4n) is 3.36. The Morgan fingerprint density at radius 3 is 2.77 bits per heavy atom. The lowest BCUT2D eigenvalue weighted by Gasteiger charge is -2.37. The van der Waals surface area contributed by atoms with Gasteiger partial charge in [-0.3, -0.25) is 4.79 Å². The summed E-state index contributed by atoms with van der Waals surface area (Å²) in [7, 11) is 1.63. The van der Waals surface area contributed by atoms with Crippen molar-refractivity contribution in [2.75, 3.05) is 31.7 Å². The largest absolute Gasteiger partial charge is 0.462 e. The Bertz CT molecular complexity index is 915. The van der Waals surface area contributed by atoms with Crippen LogP contribution < -0.4 is 10.2 Å². The topological polar surface area (TPSA) is 109 Å². The normalized spacial score (nSPS) is 19.0. The van der Waals surface area contributed by atoms with Crippen LogP contribution in [0.25, 0.3) is 0 Å². The summed E-state index contributed by atoms with van der Waals surface area (Å²) in [5.74, 6) is -0.323. The number of H-pyrrole nitrogens is 1. The van der Waals surface area contributed by atoms with Crippen molar-refractivity contribution >= 4 is 44.3 Å². The Kier molecular flexibility index (Phi) is 7.48. The van der Waals surface area contributed by atoms with Crippen molar-refractivity contribution in [3.63, 3.8) is 0 Å². The van der Waals surface area contributed by atoms with E-state index in [1.807, 2.05) is 6.92 Å². The molecule has 1 fully saturated rings. The minimum atomic E-state index is -0.347. The second kappa shape index (κ2) is 9.88. The van der Waals surface area contributed by atoms with E-state index in [1.165, 1.54) is 11.3 Å². The number of esters is 1. The minimum absolute atomic E-state index is 0.154. The van der Waals surface area contributed by atoms with Crippen molar-refractivity contribution in [1.29, 1.82) is 0 Å². The van der Waals surface area contributed by atoms with E-state index in [0.29, 0.717) is 41.3 Å². The highest BCUT2D eigenvalue weighted by atomic mass is 79.9. The smallest absolute Gasteiger partial charge is 0.350 e. The van der Waals surface area contributed by atoms with E-state index in [9.17, 15) is 9.59 Å². The number of halogens is 1. The zero-order chi connectivity index (χ0) is 21.8. The molecule has 164 valence electrons. The standard InChI is InChI=1S/C19H26BrN5O4S/c1-5-11-15(20)24-16(22-11)17(26)23-12-7-8-25(9-13(12)28-4)19-21-10(3)14(30-19)18(27)29-6-2/h12-13H,5-9H2,1-4H3,(H,22,24)(H,23,26)/t12-,13+/m0/s1. The number of methoxy groups -OCH3 is 1. The molecule has 1 saturated heterocycles. The molecule has 9 nitrogen and oxygen atoms in total. The zero-order valence-corrected chi connectivity index (χ0v) is 19.9. The van der Waals surface area contributed by atoms with E-state index in [1.54, 1.807) is 21.0 Å². The molecule has 2 aromatic rings. The number of carbonyl (C=O) groups is 2.